The van der Waals surface area contributed by atoms with E-state index in [1.165, 1.54) is 11.3 Å². The number of hydrogen-bond acceptors (Lipinski definition) is 2. The maximum atomic E-state index is 4.28. The second kappa shape index (κ2) is 3.23. The molecule has 1 aliphatic heterocycles. The van der Waals surface area contributed by atoms with Gasteiger partial charge in [0.15, 0.2) is 0 Å². The third kappa shape index (κ3) is 1.34. The van der Waals surface area contributed by atoms with Crippen molar-refractivity contribution in [1.29, 1.82) is 0 Å². The Kier molecular flexibility index (Phi) is 2.09. The van der Waals surface area contributed by atoms with E-state index < -0.39 is 0 Å². The fourth-order valence-electron chi connectivity index (χ4n) is 1.47. The first-order valence-corrected chi connectivity index (χ1v) is 4.55. The minimum Gasteiger partial charge on any atom is -0.315 e. The number of aromatic nitrogens is 1. The highest BCUT2D eigenvalue weighted by Gasteiger charge is 2.18. The zero-order valence-corrected chi connectivity index (χ0v) is 7.38. The third-order valence-corrected chi connectivity index (χ3v) is 2.46. The van der Waals surface area contributed by atoms with E-state index in [1.807, 2.05) is 6.20 Å². The van der Waals surface area contributed by atoms with Gasteiger partial charge in [0.25, 0.3) is 0 Å². The minimum absolute atomic E-state index is 0.735. The molecule has 0 radical (unpaired) electrons. The van der Waals surface area contributed by atoms with Crippen LogP contribution in [-0.4, -0.2) is 18.1 Å². The number of nitrogens with one attached hydrogen (secondary N) is 1. The van der Waals surface area contributed by atoms with Crippen molar-refractivity contribution in [2.45, 2.75) is 19.3 Å². The van der Waals surface area contributed by atoms with Gasteiger partial charge < -0.3 is 5.32 Å². The molecule has 1 aliphatic rings. The van der Waals surface area contributed by atoms with Crippen molar-refractivity contribution >= 4 is 0 Å². The van der Waals surface area contributed by atoms with E-state index in [2.05, 4.69) is 29.4 Å². The standard InChI is InChI=1S/C10H14N2/c1-2-10-5-8(3-4-12-10)9-6-11-7-9/h3-5,9,11H,2,6-7H2,1H3. The molecule has 0 aliphatic carbocycles. The van der Waals surface area contributed by atoms with Crippen molar-refractivity contribution < 1.29 is 0 Å². The SMILES string of the molecule is CCc1cc(C2CNC2)ccn1. The van der Waals surface area contributed by atoms with Crippen LogP contribution < -0.4 is 5.32 Å². The second-order valence-electron chi connectivity index (χ2n) is 3.29. The normalized spacial score (nSPS) is 17.4. The van der Waals surface area contributed by atoms with Gasteiger partial charge >= 0.3 is 0 Å². The molecule has 0 atom stereocenters. The predicted molar refractivity (Wildman–Crippen MR) is 49.2 cm³/mol. The van der Waals surface area contributed by atoms with E-state index in [-0.39, 0.29) is 0 Å². The fourth-order valence-corrected chi connectivity index (χ4v) is 1.47. The first-order valence-electron chi connectivity index (χ1n) is 4.55. The number of pyridine rings is 1. The number of rotatable bonds is 2. The first-order chi connectivity index (χ1) is 5.90. The summed E-state index contributed by atoms with van der Waals surface area (Å²) >= 11 is 0. The average molecular weight is 162 g/mol. The smallest absolute Gasteiger partial charge is 0.0403 e. The molecule has 1 saturated heterocycles. The summed E-state index contributed by atoms with van der Waals surface area (Å²) in [5.41, 5.74) is 2.65. The van der Waals surface area contributed by atoms with Crippen LogP contribution >= 0.6 is 0 Å². The lowest BCUT2D eigenvalue weighted by atomic mass is 9.94. The van der Waals surface area contributed by atoms with Crippen LogP contribution in [0.2, 0.25) is 0 Å². The Morgan fingerprint density at radius 2 is 2.42 bits per heavy atom. The summed E-state index contributed by atoms with van der Waals surface area (Å²) in [6, 6.07) is 4.36. The summed E-state index contributed by atoms with van der Waals surface area (Å²) in [6.07, 6.45) is 2.96. The van der Waals surface area contributed by atoms with Gasteiger partial charge in [0.1, 0.15) is 0 Å². The maximum Gasteiger partial charge on any atom is 0.0403 e. The largest absolute Gasteiger partial charge is 0.315 e. The van der Waals surface area contributed by atoms with Gasteiger partial charge in [0.2, 0.25) is 0 Å². The molecular formula is C10H14N2. The van der Waals surface area contributed by atoms with Crippen LogP contribution in [0.4, 0.5) is 0 Å². The Hall–Kier alpha value is -0.890. The summed E-state index contributed by atoms with van der Waals surface area (Å²) in [6.45, 7) is 4.41. The summed E-state index contributed by atoms with van der Waals surface area (Å²) in [5, 5.41) is 3.28. The van der Waals surface area contributed by atoms with Gasteiger partial charge in [-0.1, -0.05) is 6.92 Å². The Balaban J connectivity index is 2.19. The monoisotopic (exact) mass is 162 g/mol. The van der Waals surface area contributed by atoms with Crippen LogP contribution in [0.3, 0.4) is 0 Å². The van der Waals surface area contributed by atoms with Gasteiger partial charge in [-0.2, -0.15) is 0 Å². The maximum absolute atomic E-state index is 4.28. The molecule has 0 bridgehead atoms. The van der Waals surface area contributed by atoms with E-state index in [4.69, 9.17) is 0 Å². The molecule has 1 N–H and O–H groups in total. The molecule has 0 spiro atoms. The molecule has 0 saturated carbocycles. The van der Waals surface area contributed by atoms with Crippen molar-refractivity contribution in [1.82, 2.24) is 10.3 Å². The molecule has 12 heavy (non-hydrogen) atoms. The Bertz CT molecular complexity index is 266. The van der Waals surface area contributed by atoms with E-state index in [9.17, 15) is 0 Å². The van der Waals surface area contributed by atoms with Gasteiger partial charge in [-0.15, -0.1) is 0 Å². The number of aryl methyl sites for hydroxylation is 1. The summed E-state index contributed by atoms with van der Waals surface area (Å²) in [7, 11) is 0. The highest BCUT2D eigenvalue weighted by molar-refractivity contribution is 5.23. The lowest BCUT2D eigenvalue weighted by molar-refractivity contribution is 0.448. The van der Waals surface area contributed by atoms with Crippen LogP contribution in [0.1, 0.15) is 24.1 Å². The molecule has 0 amide bonds. The number of nitrogens with zero attached hydrogens (tertiary/aromatic N) is 1. The van der Waals surface area contributed by atoms with Crippen LogP contribution in [0.5, 0.6) is 0 Å². The van der Waals surface area contributed by atoms with Crippen LogP contribution in [0.25, 0.3) is 0 Å². The third-order valence-electron chi connectivity index (χ3n) is 2.46. The zero-order chi connectivity index (χ0) is 8.39. The van der Waals surface area contributed by atoms with Crippen LogP contribution in [0.15, 0.2) is 18.3 Å². The van der Waals surface area contributed by atoms with Gasteiger partial charge in [-0.05, 0) is 24.1 Å². The molecular weight excluding hydrogens is 148 g/mol. The van der Waals surface area contributed by atoms with Crippen LogP contribution in [0, 0.1) is 0 Å². The lowest BCUT2D eigenvalue weighted by Gasteiger charge is -2.27. The van der Waals surface area contributed by atoms with E-state index >= 15 is 0 Å². The van der Waals surface area contributed by atoms with Crippen LogP contribution in [-0.2, 0) is 6.42 Å². The quantitative estimate of drug-likeness (QED) is 0.709. The molecule has 0 unspecified atom stereocenters. The molecule has 2 heteroatoms. The van der Waals surface area contributed by atoms with Crippen molar-refractivity contribution in [2.24, 2.45) is 0 Å². The molecule has 2 rings (SSSR count). The first kappa shape index (κ1) is 7.74. The second-order valence-corrected chi connectivity index (χ2v) is 3.29. The molecule has 1 aromatic heterocycles. The zero-order valence-electron chi connectivity index (χ0n) is 7.38. The van der Waals surface area contributed by atoms with Gasteiger partial charge in [0, 0.05) is 30.9 Å². The summed E-state index contributed by atoms with van der Waals surface area (Å²) in [4.78, 5) is 4.28. The van der Waals surface area contributed by atoms with Crippen molar-refractivity contribution in [3.8, 4) is 0 Å². The van der Waals surface area contributed by atoms with E-state index in [1.54, 1.807) is 0 Å². The summed E-state index contributed by atoms with van der Waals surface area (Å²) < 4.78 is 0. The Labute approximate surface area is 73.0 Å². The average Bonchev–Trinajstić information content (AvgIpc) is 2.02. The molecule has 1 fully saturated rings. The van der Waals surface area contributed by atoms with E-state index in [0.29, 0.717) is 0 Å². The molecule has 0 aromatic carbocycles. The van der Waals surface area contributed by atoms with Crippen molar-refractivity contribution in [2.75, 3.05) is 13.1 Å². The molecule has 2 nitrogen and oxygen atoms in total. The Morgan fingerprint density at radius 1 is 1.58 bits per heavy atom. The highest BCUT2D eigenvalue weighted by Crippen LogP contribution is 2.19. The minimum atomic E-state index is 0.735. The van der Waals surface area contributed by atoms with Crippen molar-refractivity contribution in [3.63, 3.8) is 0 Å². The van der Waals surface area contributed by atoms with Gasteiger partial charge in [-0.25, -0.2) is 0 Å². The number of hydrogen-bond donors (Lipinski definition) is 1. The Morgan fingerprint density at radius 3 is 3.00 bits per heavy atom. The molecule has 1 aromatic rings. The van der Waals surface area contributed by atoms with Crippen molar-refractivity contribution in [3.05, 3.63) is 29.6 Å². The summed E-state index contributed by atoms with van der Waals surface area (Å²) in [5.74, 6) is 0.735. The van der Waals surface area contributed by atoms with Gasteiger partial charge in [0.05, 0.1) is 0 Å². The highest BCUT2D eigenvalue weighted by atomic mass is 14.9. The predicted octanol–water partition coefficient (Wildman–Crippen LogP) is 1.33. The fraction of sp³-hybridized carbons (Fsp3) is 0.500. The topological polar surface area (TPSA) is 24.9 Å². The van der Waals surface area contributed by atoms with E-state index in [0.717, 1.165) is 25.4 Å². The lowest BCUT2D eigenvalue weighted by Crippen LogP contribution is -2.39. The molecule has 64 valence electrons. The van der Waals surface area contributed by atoms with Gasteiger partial charge in [-0.3, -0.25) is 4.98 Å². The molecule has 2 heterocycles.